The molecular formula is C12H16N4S. The second kappa shape index (κ2) is 5.23. The summed E-state index contributed by atoms with van der Waals surface area (Å²) in [4.78, 5) is 7.62. The average Bonchev–Trinajstić information content (AvgIpc) is 2.77. The van der Waals surface area contributed by atoms with Crippen molar-refractivity contribution in [2.45, 2.75) is 33.2 Å². The number of aromatic nitrogens is 4. The zero-order valence-corrected chi connectivity index (χ0v) is 10.9. The van der Waals surface area contributed by atoms with Crippen LogP contribution in [0.5, 0.6) is 0 Å². The molecule has 0 amide bonds. The molecule has 0 fully saturated rings. The number of H-pyrrole nitrogens is 1. The fraction of sp³-hybridized carbons (Fsp3) is 0.417. The summed E-state index contributed by atoms with van der Waals surface area (Å²) in [5.41, 5.74) is 2.05. The maximum atomic E-state index is 5.18. The van der Waals surface area contributed by atoms with Crippen LogP contribution in [0, 0.1) is 4.64 Å². The standard InChI is InChI=1S/C12H16N4S/c1-3-5-11-14-10(6-12(17)15-11)9-7-13-16(4-2)8-9/h6-8H,3-5H2,1-2H3,(H,14,15,17). The van der Waals surface area contributed by atoms with Crippen LogP contribution in [0.1, 0.15) is 26.1 Å². The van der Waals surface area contributed by atoms with Crippen molar-refractivity contribution in [2.24, 2.45) is 0 Å². The third-order valence-corrected chi connectivity index (χ3v) is 2.76. The van der Waals surface area contributed by atoms with Crippen LogP contribution in [0.15, 0.2) is 18.5 Å². The van der Waals surface area contributed by atoms with Gasteiger partial charge in [0.25, 0.3) is 0 Å². The van der Waals surface area contributed by atoms with Crippen molar-refractivity contribution < 1.29 is 0 Å². The van der Waals surface area contributed by atoms with Crippen LogP contribution in [0.25, 0.3) is 11.3 Å². The molecule has 0 radical (unpaired) electrons. The third-order valence-electron chi connectivity index (χ3n) is 2.55. The molecule has 2 heterocycles. The Balaban J connectivity index is 2.40. The molecule has 0 aliphatic carbocycles. The molecule has 90 valence electrons. The van der Waals surface area contributed by atoms with Gasteiger partial charge in [0, 0.05) is 24.7 Å². The second-order valence-corrected chi connectivity index (χ2v) is 4.33. The normalized spacial score (nSPS) is 10.7. The summed E-state index contributed by atoms with van der Waals surface area (Å²) in [6.45, 7) is 5.06. The second-order valence-electron chi connectivity index (χ2n) is 3.91. The van der Waals surface area contributed by atoms with Gasteiger partial charge in [-0.25, -0.2) is 4.98 Å². The number of aromatic amines is 1. The van der Waals surface area contributed by atoms with Gasteiger partial charge < -0.3 is 4.98 Å². The minimum absolute atomic E-state index is 0.631. The van der Waals surface area contributed by atoms with Crippen LogP contribution >= 0.6 is 12.2 Å². The summed E-state index contributed by atoms with van der Waals surface area (Å²) < 4.78 is 2.53. The maximum absolute atomic E-state index is 5.18. The Labute approximate surface area is 106 Å². The first-order chi connectivity index (χ1) is 8.22. The van der Waals surface area contributed by atoms with Crippen molar-refractivity contribution in [1.29, 1.82) is 0 Å². The Kier molecular flexibility index (Phi) is 3.68. The summed E-state index contributed by atoms with van der Waals surface area (Å²) >= 11 is 5.18. The van der Waals surface area contributed by atoms with Gasteiger partial charge in [-0.15, -0.1) is 0 Å². The van der Waals surface area contributed by atoms with E-state index >= 15 is 0 Å². The molecule has 0 aliphatic rings. The highest BCUT2D eigenvalue weighted by molar-refractivity contribution is 7.71. The molecule has 4 nitrogen and oxygen atoms in total. The highest BCUT2D eigenvalue weighted by Gasteiger charge is 2.04. The van der Waals surface area contributed by atoms with Crippen molar-refractivity contribution in [1.82, 2.24) is 19.7 Å². The van der Waals surface area contributed by atoms with Gasteiger partial charge in [0.2, 0.25) is 0 Å². The van der Waals surface area contributed by atoms with Crippen LogP contribution < -0.4 is 0 Å². The fourth-order valence-corrected chi connectivity index (χ4v) is 1.92. The lowest BCUT2D eigenvalue weighted by Crippen LogP contribution is -1.96. The zero-order chi connectivity index (χ0) is 12.3. The van der Waals surface area contributed by atoms with E-state index in [1.54, 1.807) is 0 Å². The number of hydrogen-bond donors (Lipinski definition) is 1. The van der Waals surface area contributed by atoms with Gasteiger partial charge >= 0.3 is 0 Å². The van der Waals surface area contributed by atoms with Gasteiger partial charge in [-0.1, -0.05) is 19.1 Å². The Morgan fingerprint density at radius 1 is 1.41 bits per heavy atom. The molecule has 17 heavy (non-hydrogen) atoms. The van der Waals surface area contributed by atoms with Crippen LogP contribution in [-0.2, 0) is 13.0 Å². The van der Waals surface area contributed by atoms with Crippen LogP contribution in [0.3, 0.4) is 0 Å². The lowest BCUT2D eigenvalue weighted by atomic mass is 10.2. The van der Waals surface area contributed by atoms with E-state index in [4.69, 9.17) is 12.2 Å². The Morgan fingerprint density at radius 2 is 2.24 bits per heavy atom. The van der Waals surface area contributed by atoms with Gasteiger partial charge in [-0.05, 0) is 19.4 Å². The SMILES string of the molecule is CCCc1nc(=S)cc(-c2cnn(CC)c2)[nH]1. The Bertz CT molecular complexity index is 556. The first-order valence-electron chi connectivity index (χ1n) is 5.86. The van der Waals surface area contributed by atoms with E-state index in [-0.39, 0.29) is 0 Å². The molecule has 1 N–H and O–H groups in total. The molecule has 0 bridgehead atoms. The quantitative estimate of drug-likeness (QED) is 0.846. The molecule has 0 saturated heterocycles. The molecule has 0 saturated carbocycles. The monoisotopic (exact) mass is 248 g/mol. The van der Waals surface area contributed by atoms with E-state index in [2.05, 4.69) is 28.9 Å². The first-order valence-corrected chi connectivity index (χ1v) is 6.26. The predicted octanol–water partition coefficient (Wildman–Crippen LogP) is 2.98. The fourth-order valence-electron chi connectivity index (χ4n) is 1.69. The summed E-state index contributed by atoms with van der Waals surface area (Å²) in [7, 11) is 0. The highest BCUT2D eigenvalue weighted by Crippen LogP contribution is 2.16. The molecule has 0 unspecified atom stereocenters. The largest absolute Gasteiger partial charge is 0.343 e. The van der Waals surface area contributed by atoms with E-state index in [0.717, 1.165) is 36.5 Å². The minimum atomic E-state index is 0.631. The molecule has 2 rings (SSSR count). The van der Waals surface area contributed by atoms with Crippen LogP contribution in [0.4, 0.5) is 0 Å². The number of nitrogens with one attached hydrogen (secondary N) is 1. The van der Waals surface area contributed by atoms with E-state index in [1.807, 2.05) is 23.1 Å². The average molecular weight is 248 g/mol. The molecule has 0 spiro atoms. The minimum Gasteiger partial charge on any atom is -0.343 e. The van der Waals surface area contributed by atoms with Crippen molar-refractivity contribution in [3.63, 3.8) is 0 Å². The predicted molar refractivity (Wildman–Crippen MR) is 70.3 cm³/mol. The Morgan fingerprint density at radius 3 is 2.88 bits per heavy atom. The van der Waals surface area contributed by atoms with Crippen molar-refractivity contribution in [3.05, 3.63) is 28.9 Å². The lowest BCUT2D eigenvalue weighted by Gasteiger charge is -2.02. The van der Waals surface area contributed by atoms with E-state index < -0.39 is 0 Å². The van der Waals surface area contributed by atoms with Crippen molar-refractivity contribution >= 4 is 12.2 Å². The molecule has 0 aromatic carbocycles. The molecule has 0 atom stereocenters. The van der Waals surface area contributed by atoms with Gasteiger partial charge in [0.1, 0.15) is 10.5 Å². The zero-order valence-electron chi connectivity index (χ0n) is 10.1. The topological polar surface area (TPSA) is 46.5 Å². The number of hydrogen-bond acceptors (Lipinski definition) is 3. The highest BCUT2D eigenvalue weighted by atomic mass is 32.1. The summed E-state index contributed by atoms with van der Waals surface area (Å²) in [5.74, 6) is 0.944. The molecule has 2 aromatic heterocycles. The van der Waals surface area contributed by atoms with E-state index in [0.29, 0.717) is 4.64 Å². The van der Waals surface area contributed by atoms with Crippen molar-refractivity contribution in [2.75, 3.05) is 0 Å². The molecule has 0 aliphatic heterocycles. The lowest BCUT2D eigenvalue weighted by molar-refractivity contribution is 0.660. The molecule has 5 heteroatoms. The number of aryl methyl sites for hydroxylation is 2. The summed E-state index contributed by atoms with van der Waals surface area (Å²) in [6, 6.07) is 1.88. The van der Waals surface area contributed by atoms with Gasteiger partial charge in [0.15, 0.2) is 0 Å². The van der Waals surface area contributed by atoms with Crippen molar-refractivity contribution in [3.8, 4) is 11.3 Å². The molecular weight excluding hydrogens is 232 g/mol. The smallest absolute Gasteiger partial charge is 0.130 e. The summed E-state index contributed by atoms with van der Waals surface area (Å²) in [5, 5.41) is 4.26. The Hall–Kier alpha value is -1.49. The van der Waals surface area contributed by atoms with Gasteiger partial charge in [0.05, 0.1) is 11.9 Å². The van der Waals surface area contributed by atoms with E-state index in [9.17, 15) is 0 Å². The van der Waals surface area contributed by atoms with Crippen LogP contribution in [-0.4, -0.2) is 19.7 Å². The third kappa shape index (κ3) is 2.79. The van der Waals surface area contributed by atoms with Crippen LogP contribution in [0.2, 0.25) is 0 Å². The molecule has 2 aromatic rings. The van der Waals surface area contributed by atoms with Gasteiger partial charge in [-0.3, -0.25) is 4.68 Å². The number of nitrogens with zero attached hydrogens (tertiary/aromatic N) is 3. The van der Waals surface area contributed by atoms with Gasteiger partial charge in [-0.2, -0.15) is 5.10 Å². The maximum Gasteiger partial charge on any atom is 0.130 e. The number of rotatable bonds is 4. The summed E-state index contributed by atoms with van der Waals surface area (Å²) in [6.07, 6.45) is 5.82. The van der Waals surface area contributed by atoms with E-state index in [1.165, 1.54) is 0 Å². The first kappa shape index (κ1) is 12.0.